The average Bonchev–Trinajstić information content (AvgIpc) is 2.37. The number of benzene rings is 2. The van der Waals surface area contributed by atoms with Crippen molar-refractivity contribution >= 4 is 23.5 Å². The summed E-state index contributed by atoms with van der Waals surface area (Å²) in [6.45, 7) is 3.83. The van der Waals surface area contributed by atoms with Crippen LogP contribution in [-0.2, 0) is 6.42 Å². The van der Waals surface area contributed by atoms with Gasteiger partial charge in [0.05, 0.1) is 0 Å². The molecule has 0 unspecified atom stereocenters. The standard InChI is InChI=1S/C15H12S2/c1-2-6-11-7-5-10-14-15(11)17-13-9-4-3-8-12(13)16-14/h2-5,7-10H,1,6H2. The minimum absolute atomic E-state index is 0.943. The molecule has 0 atom stereocenters. The summed E-state index contributed by atoms with van der Waals surface area (Å²) < 4.78 is 0. The lowest BCUT2D eigenvalue weighted by atomic mass is 10.1. The van der Waals surface area contributed by atoms with Crippen molar-refractivity contribution in [2.75, 3.05) is 0 Å². The van der Waals surface area contributed by atoms with Crippen LogP contribution in [0.2, 0.25) is 0 Å². The highest BCUT2D eigenvalue weighted by Crippen LogP contribution is 2.49. The molecule has 2 heteroatoms. The van der Waals surface area contributed by atoms with Crippen LogP contribution in [-0.4, -0.2) is 0 Å². The molecule has 0 fully saturated rings. The van der Waals surface area contributed by atoms with Crippen molar-refractivity contribution in [3.8, 4) is 0 Å². The van der Waals surface area contributed by atoms with Gasteiger partial charge >= 0.3 is 0 Å². The van der Waals surface area contributed by atoms with Crippen molar-refractivity contribution in [3.63, 3.8) is 0 Å². The predicted molar refractivity (Wildman–Crippen MR) is 75.0 cm³/mol. The molecule has 0 saturated heterocycles. The number of fused-ring (bicyclic) bond motifs is 2. The van der Waals surface area contributed by atoms with Crippen LogP contribution in [0.3, 0.4) is 0 Å². The maximum absolute atomic E-state index is 3.83. The van der Waals surface area contributed by atoms with Crippen molar-refractivity contribution in [1.82, 2.24) is 0 Å². The van der Waals surface area contributed by atoms with Crippen LogP contribution in [0.15, 0.2) is 74.7 Å². The van der Waals surface area contributed by atoms with Gasteiger partial charge in [0.2, 0.25) is 0 Å². The summed E-state index contributed by atoms with van der Waals surface area (Å²) >= 11 is 3.75. The molecular weight excluding hydrogens is 244 g/mol. The van der Waals surface area contributed by atoms with Crippen LogP contribution in [0.1, 0.15) is 5.56 Å². The summed E-state index contributed by atoms with van der Waals surface area (Å²) in [6.07, 6.45) is 2.92. The maximum atomic E-state index is 3.83. The fraction of sp³-hybridized carbons (Fsp3) is 0.0667. The Bertz CT molecular complexity index is 573. The third-order valence-electron chi connectivity index (χ3n) is 2.71. The highest BCUT2D eigenvalue weighted by Gasteiger charge is 2.18. The Morgan fingerprint density at radius 2 is 1.59 bits per heavy atom. The smallest absolute Gasteiger partial charge is 0.0297 e. The topological polar surface area (TPSA) is 0 Å². The van der Waals surface area contributed by atoms with E-state index in [-0.39, 0.29) is 0 Å². The summed E-state index contributed by atoms with van der Waals surface area (Å²) in [4.78, 5) is 5.49. The largest absolute Gasteiger partial charge is 0.103 e. The minimum Gasteiger partial charge on any atom is -0.103 e. The Labute approximate surface area is 110 Å². The Balaban J connectivity index is 2.08. The van der Waals surface area contributed by atoms with E-state index in [9.17, 15) is 0 Å². The Hall–Kier alpha value is -1.12. The van der Waals surface area contributed by atoms with Crippen LogP contribution < -0.4 is 0 Å². The van der Waals surface area contributed by atoms with Crippen molar-refractivity contribution in [3.05, 3.63) is 60.7 Å². The molecule has 2 aromatic rings. The molecule has 0 bridgehead atoms. The molecule has 0 N–H and O–H groups in total. The first-order chi connectivity index (χ1) is 8.38. The van der Waals surface area contributed by atoms with Gasteiger partial charge in [0.15, 0.2) is 0 Å². The second-order valence-electron chi connectivity index (χ2n) is 3.89. The van der Waals surface area contributed by atoms with Gasteiger partial charge < -0.3 is 0 Å². The first kappa shape index (κ1) is 11.0. The molecule has 1 aliphatic heterocycles. The fourth-order valence-electron chi connectivity index (χ4n) is 1.92. The molecule has 0 nitrogen and oxygen atoms in total. The first-order valence-corrected chi connectivity index (χ1v) is 7.19. The minimum atomic E-state index is 0.943. The predicted octanol–water partition coefficient (Wildman–Crippen LogP) is 5.03. The molecular formula is C15H12S2. The molecule has 0 amide bonds. The normalized spacial score (nSPS) is 12.7. The Kier molecular flexibility index (Phi) is 3.00. The van der Waals surface area contributed by atoms with Crippen LogP contribution in [0.25, 0.3) is 0 Å². The summed E-state index contributed by atoms with van der Waals surface area (Å²) in [7, 11) is 0. The molecule has 2 aromatic carbocycles. The quantitative estimate of drug-likeness (QED) is 0.590. The summed E-state index contributed by atoms with van der Waals surface area (Å²) in [5, 5.41) is 0. The van der Waals surface area contributed by atoms with E-state index in [1.54, 1.807) is 0 Å². The SMILES string of the molecule is C=CCc1cccc2c1Sc1ccccc1S2. The van der Waals surface area contributed by atoms with Crippen molar-refractivity contribution in [1.29, 1.82) is 0 Å². The van der Waals surface area contributed by atoms with Gasteiger partial charge in [0.25, 0.3) is 0 Å². The molecule has 0 spiro atoms. The average molecular weight is 256 g/mol. The molecule has 1 aliphatic rings. The van der Waals surface area contributed by atoms with Gasteiger partial charge in [0.1, 0.15) is 0 Å². The maximum Gasteiger partial charge on any atom is 0.0297 e. The molecule has 17 heavy (non-hydrogen) atoms. The van der Waals surface area contributed by atoms with E-state index < -0.39 is 0 Å². The summed E-state index contributed by atoms with van der Waals surface area (Å²) in [5.74, 6) is 0. The van der Waals surface area contributed by atoms with Gasteiger partial charge in [0, 0.05) is 19.6 Å². The lowest BCUT2D eigenvalue weighted by molar-refractivity contribution is 1.08. The van der Waals surface area contributed by atoms with Crippen LogP contribution >= 0.6 is 23.5 Å². The lowest BCUT2D eigenvalue weighted by Crippen LogP contribution is -1.94. The highest BCUT2D eigenvalue weighted by molar-refractivity contribution is 8.05. The van der Waals surface area contributed by atoms with Gasteiger partial charge in [-0.3, -0.25) is 0 Å². The van der Waals surface area contributed by atoms with Crippen LogP contribution in [0, 0.1) is 0 Å². The third kappa shape index (κ3) is 2.03. The van der Waals surface area contributed by atoms with Gasteiger partial charge in [-0.1, -0.05) is 53.9 Å². The molecule has 0 aromatic heterocycles. The van der Waals surface area contributed by atoms with E-state index >= 15 is 0 Å². The molecule has 84 valence electrons. The van der Waals surface area contributed by atoms with Crippen LogP contribution in [0.5, 0.6) is 0 Å². The zero-order valence-corrected chi connectivity index (χ0v) is 11.0. The lowest BCUT2D eigenvalue weighted by Gasteiger charge is -2.20. The Morgan fingerprint density at radius 1 is 0.882 bits per heavy atom. The molecule has 0 saturated carbocycles. The van der Waals surface area contributed by atoms with E-state index in [0.29, 0.717) is 0 Å². The van der Waals surface area contributed by atoms with Gasteiger partial charge in [-0.15, -0.1) is 6.58 Å². The summed E-state index contributed by atoms with van der Waals surface area (Å²) in [6, 6.07) is 15.1. The van der Waals surface area contributed by atoms with Crippen molar-refractivity contribution in [2.45, 2.75) is 26.0 Å². The monoisotopic (exact) mass is 256 g/mol. The Morgan fingerprint density at radius 3 is 2.35 bits per heavy atom. The third-order valence-corrected chi connectivity index (χ3v) is 5.36. The fourth-order valence-corrected chi connectivity index (χ4v) is 4.33. The second kappa shape index (κ2) is 4.63. The van der Waals surface area contributed by atoms with Crippen LogP contribution in [0.4, 0.5) is 0 Å². The molecule has 0 radical (unpaired) electrons. The second-order valence-corrected chi connectivity index (χ2v) is 6.02. The van der Waals surface area contributed by atoms with Gasteiger partial charge in [-0.2, -0.15) is 0 Å². The van der Waals surface area contributed by atoms with E-state index in [1.165, 1.54) is 25.1 Å². The van der Waals surface area contributed by atoms with E-state index in [1.807, 2.05) is 29.6 Å². The van der Waals surface area contributed by atoms with E-state index in [2.05, 4.69) is 49.0 Å². The van der Waals surface area contributed by atoms with E-state index in [0.717, 1.165) is 6.42 Å². The number of hydrogen-bond donors (Lipinski definition) is 0. The summed E-state index contributed by atoms with van der Waals surface area (Å²) in [5.41, 5.74) is 1.38. The number of rotatable bonds is 2. The number of allylic oxidation sites excluding steroid dienone is 1. The zero-order chi connectivity index (χ0) is 11.7. The molecule has 3 rings (SSSR count). The molecule has 1 heterocycles. The van der Waals surface area contributed by atoms with Crippen molar-refractivity contribution in [2.24, 2.45) is 0 Å². The number of hydrogen-bond acceptors (Lipinski definition) is 2. The van der Waals surface area contributed by atoms with Crippen molar-refractivity contribution < 1.29 is 0 Å². The molecule has 0 aliphatic carbocycles. The van der Waals surface area contributed by atoms with Gasteiger partial charge in [-0.05, 0) is 30.2 Å². The zero-order valence-electron chi connectivity index (χ0n) is 9.35. The first-order valence-electron chi connectivity index (χ1n) is 5.56. The van der Waals surface area contributed by atoms with Gasteiger partial charge in [-0.25, -0.2) is 0 Å². The highest BCUT2D eigenvalue weighted by atomic mass is 32.2. The van der Waals surface area contributed by atoms with E-state index in [4.69, 9.17) is 0 Å².